The normalized spacial score (nSPS) is 9.95. The van der Waals surface area contributed by atoms with E-state index in [9.17, 15) is 18.9 Å². The second-order valence-corrected chi connectivity index (χ2v) is 4.16. The highest BCUT2D eigenvalue weighted by atomic mass is 19.1. The van der Waals surface area contributed by atoms with E-state index >= 15 is 0 Å². The summed E-state index contributed by atoms with van der Waals surface area (Å²) in [5.41, 5.74) is -0.177. The van der Waals surface area contributed by atoms with E-state index in [2.05, 4.69) is 5.32 Å². The minimum absolute atomic E-state index is 0.00707. The van der Waals surface area contributed by atoms with Gasteiger partial charge in [-0.3, -0.25) is 10.1 Å². The molecule has 2 aromatic rings. The van der Waals surface area contributed by atoms with Crippen molar-refractivity contribution in [3.63, 3.8) is 0 Å². The van der Waals surface area contributed by atoms with E-state index in [4.69, 9.17) is 5.26 Å². The number of halogens is 2. The van der Waals surface area contributed by atoms with Gasteiger partial charge in [-0.15, -0.1) is 0 Å². The van der Waals surface area contributed by atoms with Gasteiger partial charge in [0.25, 0.3) is 5.69 Å². The van der Waals surface area contributed by atoms with E-state index in [1.54, 1.807) is 24.3 Å². The van der Waals surface area contributed by atoms with Gasteiger partial charge in [-0.25, -0.2) is 8.78 Å². The Morgan fingerprint density at radius 3 is 2.67 bits per heavy atom. The Hall–Kier alpha value is -3.01. The van der Waals surface area contributed by atoms with E-state index in [1.165, 1.54) is 0 Å². The number of hydrogen-bond acceptors (Lipinski definition) is 4. The molecule has 2 rings (SSSR count). The standard InChI is InChI=1S/C14H9F2N3O2/c15-11-5-12(16)14(13(6-11)19(20)21)18-8-10-4-2-1-3-9(10)7-17/h1-6,18H,8H2. The fourth-order valence-electron chi connectivity index (χ4n) is 1.85. The summed E-state index contributed by atoms with van der Waals surface area (Å²) in [5, 5.41) is 22.3. The molecular weight excluding hydrogens is 280 g/mol. The zero-order chi connectivity index (χ0) is 15.4. The Kier molecular flexibility index (Phi) is 4.09. The van der Waals surface area contributed by atoms with Crippen LogP contribution in [0.5, 0.6) is 0 Å². The number of nitro benzene ring substituents is 1. The SMILES string of the molecule is N#Cc1ccccc1CNc1c(F)cc(F)cc1[N+](=O)[O-]. The minimum Gasteiger partial charge on any atom is -0.373 e. The maximum absolute atomic E-state index is 13.7. The Labute approximate surface area is 118 Å². The maximum Gasteiger partial charge on any atom is 0.298 e. The van der Waals surface area contributed by atoms with Crippen LogP contribution in [-0.4, -0.2) is 4.92 Å². The first-order chi connectivity index (χ1) is 10.0. The Bertz CT molecular complexity index is 741. The molecule has 0 atom stereocenters. The van der Waals surface area contributed by atoms with Crippen LogP contribution in [0.4, 0.5) is 20.2 Å². The van der Waals surface area contributed by atoms with Gasteiger partial charge in [0.2, 0.25) is 0 Å². The fourth-order valence-corrected chi connectivity index (χ4v) is 1.85. The first-order valence-corrected chi connectivity index (χ1v) is 5.88. The molecule has 5 nitrogen and oxygen atoms in total. The molecule has 0 saturated carbocycles. The number of anilines is 1. The van der Waals surface area contributed by atoms with Crippen LogP contribution >= 0.6 is 0 Å². The van der Waals surface area contributed by atoms with E-state index < -0.39 is 27.9 Å². The summed E-state index contributed by atoms with van der Waals surface area (Å²) < 4.78 is 26.7. The second kappa shape index (κ2) is 5.96. The molecule has 2 aromatic carbocycles. The zero-order valence-electron chi connectivity index (χ0n) is 10.6. The molecular formula is C14H9F2N3O2. The second-order valence-electron chi connectivity index (χ2n) is 4.16. The molecule has 0 heterocycles. The Balaban J connectivity index is 2.32. The first-order valence-electron chi connectivity index (χ1n) is 5.88. The summed E-state index contributed by atoms with van der Waals surface area (Å²) in [6.45, 7) is 0.00707. The van der Waals surface area contributed by atoms with Crippen molar-refractivity contribution in [2.45, 2.75) is 6.54 Å². The third kappa shape index (κ3) is 3.12. The first kappa shape index (κ1) is 14.4. The molecule has 0 radical (unpaired) electrons. The number of nitrogens with one attached hydrogen (secondary N) is 1. The zero-order valence-corrected chi connectivity index (χ0v) is 10.6. The summed E-state index contributed by atoms with van der Waals surface area (Å²) in [4.78, 5) is 9.97. The minimum atomic E-state index is -1.06. The average Bonchev–Trinajstić information content (AvgIpc) is 2.45. The molecule has 0 amide bonds. The summed E-state index contributed by atoms with van der Waals surface area (Å²) >= 11 is 0. The van der Waals surface area contributed by atoms with Crippen LogP contribution in [-0.2, 0) is 6.54 Å². The summed E-state index contributed by atoms with van der Waals surface area (Å²) in [6, 6.07) is 9.74. The van der Waals surface area contributed by atoms with Crippen LogP contribution in [0.2, 0.25) is 0 Å². The van der Waals surface area contributed by atoms with Crippen molar-refractivity contribution >= 4 is 11.4 Å². The van der Waals surface area contributed by atoms with Crippen molar-refractivity contribution in [2.24, 2.45) is 0 Å². The number of nitrogens with zero attached hydrogens (tertiary/aromatic N) is 2. The van der Waals surface area contributed by atoms with Crippen molar-refractivity contribution in [1.29, 1.82) is 5.26 Å². The number of hydrogen-bond donors (Lipinski definition) is 1. The highest BCUT2D eigenvalue weighted by molar-refractivity contribution is 5.62. The van der Waals surface area contributed by atoms with Gasteiger partial charge in [-0.2, -0.15) is 5.26 Å². The van der Waals surface area contributed by atoms with Crippen molar-refractivity contribution in [3.8, 4) is 6.07 Å². The molecule has 106 valence electrons. The number of nitriles is 1. The lowest BCUT2D eigenvalue weighted by molar-refractivity contribution is -0.384. The molecule has 0 aliphatic heterocycles. The third-order valence-electron chi connectivity index (χ3n) is 2.82. The van der Waals surface area contributed by atoms with Gasteiger partial charge in [0, 0.05) is 12.6 Å². The Morgan fingerprint density at radius 1 is 1.29 bits per heavy atom. The maximum atomic E-state index is 13.7. The monoisotopic (exact) mass is 289 g/mol. The lowest BCUT2D eigenvalue weighted by atomic mass is 10.1. The number of benzene rings is 2. The predicted octanol–water partition coefficient (Wildman–Crippen LogP) is 3.36. The van der Waals surface area contributed by atoms with Gasteiger partial charge in [0.1, 0.15) is 11.5 Å². The van der Waals surface area contributed by atoms with Crippen LogP contribution < -0.4 is 5.32 Å². The molecule has 0 aliphatic carbocycles. The van der Waals surface area contributed by atoms with E-state index in [-0.39, 0.29) is 6.54 Å². The van der Waals surface area contributed by atoms with Gasteiger partial charge in [-0.05, 0) is 11.6 Å². The van der Waals surface area contributed by atoms with Crippen molar-refractivity contribution in [1.82, 2.24) is 0 Å². The van der Waals surface area contributed by atoms with Crippen LogP contribution in [0.3, 0.4) is 0 Å². The molecule has 0 bridgehead atoms. The van der Waals surface area contributed by atoms with Gasteiger partial charge in [-0.1, -0.05) is 18.2 Å². The fraction of sp³-hybridized carbons (Fsp3) is 0.0714. The lowest BCUT2D eigenvalue weighted by Gasteiger charge is -2.09. The predicted molar refractivity (Wildman–Crippen MR) is 71.5 cm³/mol. The molecule has 0 aromatic heterocycles. The highest BCUT2D eigenvalue weighted by Crippen LogP contribution is 2.29. The molecule has 0 unspecified atom stereocenters. The Morgan fingerprint density at radius 2 is 2.00 bits per heavy atom. The molecule has 0 aliphatic rings. The van der Waals surface area contributed by atoms with Gasteiger partial charge >= 0.3 is 0 Å². The topological polar surface area (TPSA) is 79.0 Å². The number of nitro groups is 1. The number of rotatable bonds is 4. The van der Waals surface area contributed by atoms with Crippen LogP contribution in [0.15, 0.2) is 36.4 Å². The van der Waals surface area contributed by atoms with Crippen molar-refractivity contribution < 1.29 is 13.7 Å². The van der Waals surface area contributed by atoms with E-state index in [0.29, 0.717) is 23.3 Å². The molecule has 1 N–H and O–H groups in total. The quantitative estimate of drug-likeness (QED) is 0.691. The van der Waals surface area contributed by atoms with Gasteiger partial charge < -0.3 is 5.32 Å². The van der Waals surface area contributed by atoms with Crippen molar-refractivity contribution in [2.75, 3.05) is 5.32 Å². The highest BCUT2D eigenvalue weighted by Gasteiger charge is 2.20. The van der Waals surface area contributed by atoms with E-state index in [0.717, 1.165) is 0 Å². The van der Waals surface area contributed by atoms with Crippen LogP contribution in [0.25, 0.3) is 0 Å². The molecule has 0 spiro atoms. The lowest BCUT2D eigenvalue weighted by Crippen LogP contribution is -2.06. The van der Waals surface area contributed by atoms with Crippen molar-refractivity contribution in [3.05, 3.63) is 69.3 Å². The third-order valence-corrected chi connectivity index (χ3v) is 2.82. The van der Waals surface area contributed by atoms with Gasteiger partial charge in [0.15, 0.2) is 5.82 Å². The van der Waals surface area contributed by atoms with Gasteiger partial charge in [0.05, 0.1) is 22.6 Å². The summed E-state index contributed by atoms with van der Waals surface area (Å²) in [7, 11) is 0. The average molecular weight is 289 g/mol. The van der Waals surface area contributed by atoms with E-state index in [1.807, 2.05) is 6.07 Å². The molecule has 0 fully saturated rings. The smallest absolute Gasteiger partial charge is 0.298 e. The molecule has 7 heteroatoms. The molecule has 21 heavy (non-hydrogen) atoms. The van der Waals surface area contributed by atoms with Crippen LogP contribution in [0, 0.1) is 33.1 Å². The largest absolute Gasteiger partial charge is 0.373 e. The summed E-state index contributed by atoms with van der Waals surface area (Å²) in [6.07, 6.45) is 0. The summed E-state index contributed by atoms with van der Waals surface area (Å²) in [5.74, 6) is -2.08. The molecule has 0 saturated heterocycles. The van der Waals surface area contributed by atoms with Crippen LogP contribution in [0.1, 0.15) is 11.1 Å².